The second-order valence-corrected chi connectivity index (χ2v) is 19.5. The van der Waals surface area contributed by atoms with Crippen LogP contribution >= 0.6 is 0 Å². The van der Waals surface area contributed by atoms with Crippen molar-refractivity contribution >= 4 is 32.0 Å². The Bertz CT molecular complexity index is 1600. The Morgan fingerprint density at radius 1 is 0.804 bits per heavy atom. The van der Waals surface area contributed by atoms with Crippen LogP contribution in [0.1, 0.15) is 91.5 Å². The summed E-state index contributed by atoms with van der Waals surface area (Å²) in [5.74, 6) is -1.55. The Balaban J connectivity index is 2.09. The molecule has 1 aliphatic rings. The Labute approximate surface area is 302 Å². The van der Waals surface area contributed by atoms with E-state index in [9.17, 15) is 24.3 Å². The predicted molar refractivity (Wildman–Crippen MR) is 192 cm³/mol. The number of benzene rings is 2. The summed E-state index contributed by atoms with van der Waals surface area (Å²) < 4.78 is 33.5. The number of ether oxygens (including phenoxy) is 6. The average molecular weight is 725 g/mol. The summed E-state index contributed by atoms with van der Waals surface area (Å²) in [5, 5.41) is 12.3. The Hall–Kier alpha value is -4.18. The van der Waals surface area contributed by atoms with Crippen LogP contribution in [0.3, 0.4) is 0 Å². The maximum Gasteiger partial charge on any atom is 0.303 e. The van der Waals surface area contributed by atoms with Crippen molar-refractivity contribution in [3.63, 3.8) is 0 Å². The molecule has 1 saturated heterocycles. The minimum absolute atomic E-state index is 0.121. The van der Waals surface area contributed by atoms with Gasteiger partial charge in [0.2, 0.25) is 11.9 Å². The summed E-state index contributed by atoms with van der Waals surface area (Å²) in [6.07, 6.45) is -5.61. The normalized spacial score (nSPS) is 21.8. The lowest BCUT2D eigenvalue weighted by molar-refractivity contribution is -0.360. The molecule has 12 heteroatoms. The molecule has 2 aromatic rings. The second kappa shape index (κ2) is 17.4. The van der Waals surface area contributed by atoms with Gasteiger partial charge in [0.1, 0.15) is 26.5 Å². The highest BCUT2D eigenvalue weighted by Crippen LogP contribution is 2.43. The van der Waals surface area contributed by atoms with Gasteiger partial charge in [-0.05, 0) is 58.1 Å². The molecule has 1 aliphatic heterocycles. The van der Waals surface area contributed by atoms with E-state index in [1.54, 1.807) is 12.1 Å². The maximum absolute atomic E-state index is 12.4. The Morgan fingerprint density at radius 3 is 1.84 bits per heavy atom. The quantitative estimate of drug-likeness (QED) is 0.124. The lowest BCUT2D eigenvalue weighted by Gasteiger charge is -2.48. The average Bonchev–Trinajstić information content (AvgIpc) is 3.03. The first-order valence-corrected chi connectivity index (χ1v) is 19.4. The summed E-state index contributed by atoms with van der Waals surface area (Å²) in [6.45, 7) is 17.7. The first kappa shape index (κ1) is 41.2. The third kappa shape index (κ3) is 9.78. The molecule has 1 heterocycles. The minimum atomic E-state index is -2.46. The molecule has 3 rings (SSSR count). The molecule has 0 aliphatic carbocycles. The first-order valence-electron chi connectivity index (χ1n) is 17.2. The molecule has 1 fully saturated rings. The van der Waals surface area contributed by atoms with Crippen LogP contribution in [0, 0.1) is 11.5 Å². The highest BCUT2D eigenvalue weighted by atomic mass is 28.3. The van der Waals surface area contributed by atoms with Crippen molar-refractivity contribution in [1.29, 1.82) is 0 Å². The number of carbonyl (C=O) groups is 4. The van der Waals surface area contributed by atoms with Crippen molar-refractivity contribution in [3.05, 3.63) is 64.7 Å². The number of aliphatic hydroxyl groups is 1. The Morgan fingerprint density at radius 2 is 1.35 bits per heavy atom. The summed E-state index contributed by atoms with van der Waals surface area (Å²) in [5.41, 5.74) is 7.93. The molecular weight excluding hydrogens is 673 g/mol. The molecule has 11 nitrogen and oxygen atoms in total. The third-order valence-electron chi connectivity index (χ3n) is 9.39. The number of rotatable bonds is 12. The fraction of sp³-hybridized carbons (Fsp3) is 0.538. The van der Waals surface area contributed by atoms with Gasteiger partial charge in [0.15, 0.2) is 12.2 Å². The zero-order valence-corrected chi connectivity index (χ0v) is 32.5. The van der Waals surface area contributed by atoms with Gasteiger partial charge < -0.3 is 33.5 Å². The molecule has 0 amide bonds. The molecule has 51 heavy (non-hydrogen) atoms. The van der Waals surface area contributed by atoms with E-state index in [0.29, 0.717) is 34.4 Å². The van der Waals surface area contributed by atoms with Gasteiger partial charge in [-0.3, -0.25) is 19.2 Å². The van der Waals surface area contributed by atoms with Crippen LogP contribution < -0.4 is 4.74 Å². The van der Waals surface area contributed by atoms with E-state index in [1.165, 1.54) is 20.1 Å². The molecule has 0 spiro atoms. The van der Waals surface area contributed by atoms with Crippen LogP contribution in [-0.4, -0.2) is 75.2 Å². The van der Waals surface area contributed by atoms with E-state index >= 15 is 0 Å². The molecule has 1 N–H and O–H groups in total. The van der Waals surface area contributed by atoms with Crippen molar-refractivity contribution in [2.75, 3.05) is 13.7 Å². The van der Waals surface area contributed by atoms with E-state index in [2.05, 4.69) is 53.0 Å². The minimum Gasteiger partial charge on any atom is -0.496 e. The van der Waals surface area contributed by atoms with Crippen molar-refractivity contribution in [2.24, 2.45) is 0 Å². The summed E-state index contributed by atoms with van der Waals surface area (Å²) >= 11 is 0. The molecule has 0 saturated carbocycles. The first-order chi connectivity index (χ1) is 23.8. The van der Waals surface area contributed by atoms with Crippen LogP contribution in [0.5, 0.6) is 5.75 Å². The zero-order valence-electron chi connectivity index (χ0n) is 31.5. The third-order valence-corrected chi connectivity index (χ3v) is 15.7. The summed E-state index contributed by atoms with van der Waals surface area (Å²) in [6, 6.07) is 12.7. The summed E-state index contributed by atoms with van der Waals surface area (Å²) in [4.78, 5) is 48.6. The van der Waals surface area contributed by atoms with Crippen LogP contribution in [-0.2, 0) is 55.1 Å². The van der Waals surface area contributed by atoms with Crippen LogP contribution in [0.4, 0.5) is 0 Å². The smallest absolute Gasteiger partial charge is 0.303 e. The molecular formula is C39H52O11Si. The predicted octanol–water partition coefficient (Wildman–Crippen LogP) is 5.76. The largest absolute Gasteiger partial charge is 0.496 e. The number of hydrogen-bond acceptors (Lipinski definition) is 11. The van der Waals surface area contributed by atoms with Gasteiger partial charge in [-0.25, -0.2) is 0 Å². The van der Waals surface area contributed by atoms with Gasteiger partial charge in [0.05, 0.1) is 7.11 Å². The van der Waals surface area contributed by atoms with E-state index in [0.717, 1.165) is 31.9 Å². The van der Waals surface area contributed by atoms with E-state index in [-0.39, 0.29) is 5.56 Å². The topological polar surface area (TPSA) is 144 Å². The zero-order chi connectivity index (χ0) is 38.3. The van der Waals surface area contributed by atoms with Gasteiger partial charge in [0, 0.05) is 45.2 Å². The van der Waals surface area contributed by atoms with Gasteiger partial charge in [-0.15, -0.1) is 5.54 Å². The molecule has 278 valence electrons. The molecule has 2 aromatic carbocycles. The van der Waals surface area contributed by atoms with E-state index < -0.39 is 68.8 Å². The maximum atomic E-state index is 12.4. The second-order valence-electron chi connectivity index (χ2n) is 13.9. The monoisotopic (exact) mass is 724 g/mol. The van der Waals surface area contributed by atoms with Crippen LogP contribution in [0.15, 0.2) is 42.5 Å². The number of carbonyl (C=O) groups excluding carboxylic acids is 4. The van der Waals surface area contributed by atoms with Crippen molar-refractivity contribution in [1.82, 2.24) is 0 Å². The number of methoxy groups -OCH3 is 1. The van der Waals surface area contributed by atoms with E-state index in [4.69, 9.17) is 28.4 Å². The van der Waals surface area contributed by atoms with E-state index in [1.807, 2.05) is 24.3 Å². The molecule has 0 aromatic heterocycles. The van der Waals surface area contributed by atoms with Gasteiger partial charge in [-0.1, -0.05) is 59.6 Å². The van der Waals surface area contributed by atoms with Gasteiger partial charge in [-0.2, -0.15) is 0 Å². The molecule has 5 atom stereocenters. The number of hydrogen-bond donors (Lipinski definition) is 1. The standard InChI is InChI=1S/C39H52O11Si/c1-23(2)51(24(3)4,25(5)6)19-18-30-12-14-31(15-13-30)20-32-21-33(16-17-34(32)45-11)39(44)38(49-29(10)43)37(48-28(9)42)36(47-27(8)41)35(50-39)22-46-26(7)40/h12-17,21,23-25,35-38,44H,20,22H2,1-11H3/t35-,36-,37+,38-,39+/m1/s1. The molecule has 0 bridgehead atoms. The summed E-state index contributed by atoms with van der Waals surface area (Å²) in [7, 11) is -0.385. The highest BCUT2D eigenvalue weighted by molar-refractivity contribution is 6.90. The lowest BCUT2D eigenvalue weighted by atomic mass is 9.86. The van der Waals surface area contributed by atoms with Crippen molar-refractivity contribution in [3.8, 4) is 17.2 Å². The SMILES string of the molecule is COc1ccc([C@]2(O)O[C@H](COC(C)=O)[C@@H](OC(C)=O)[C@H](OC(C)=O)[C@H]2OC(C)=O)cc1Cc1ccc(C#C[Si](C(C)C)(C(C)C)C(C)C)cc1. The number of esters is 4. The molecule has 0 radical (unpaired) electrons. The van der Waals surface area contributed by atoms with Crippen LogP contribution in [0.25, 0.3) is 0 Å². The van der Waals surface area contributed by atoms with Crippen molar-refractivity contribution < 1.29 is 52.7 Å². The molecule has 0 unspecified atom stereocenters. The van der Waals surface area contributed by atoms with Crippen molar-refractivity contribution in [2.45, 2.75) is 122 Å². The highest BCUT2D eigenvalue weighted by Gasteiger charge is 2.60. The van der Waals surface area contributed by atoms with Crippen LogP contribution in [0.2, 0.25) is 16.6 Å². The van der Waals surface area contributed by atoms with Gasteiger partial charge in [0.25, 0.3) is 0 Å². The Kier molecular flexibility index (Phi) is 14.0. The fourth-order valence-electron chi connectivity index (χ4n) is 7.19. The fourth-order valence-corrected chi connectivity index (χ4v) is 12.4. The van der Waals surface area contributed by atoms with Gasteiger partial charge >= 0.3 is 23.9 Å². The lowest BCUT2D eigenvalue weighted by Crippen LogP contribution is -2.66.